The summed E-state index contributed by atoms with van der Waals surface area (Å²) >= 11 is 0. The maximum absolute atomic E-state index is 13.3. The van der Waals surface area contributed by atoms with Crippen LogP contribution in [0.2, 0.25) is 0 Å². The van der Waals surface area contributed by atoms with E-state index >= 15 is 0 Å². The molecule has 174 valence electrons. The number of rotatable bonds is 8. The first-order valence-electron chi connectivity index (χ1n) is 10.9. The third-order valence-electron chi connectivity index (χ3n) is 5.91. The van der Waals surface area contributed by atoms with Gasteiger partial charge in [0.05, 0.1) is 11.5 Å². The van der Waals surface area contributed by atoms with Crippen LogP contribution in [-0.4, -0.2) is 52.0 Å². The van der Waals surface area contributed by atoms with Crippen molar-refractivity contribution in [3.63, 3.8) is 0 Å². The van der Waals surface area contributed by atoms with E-state index in [1.165, 1.54) is 6.07 Å². The Bertz CT molecular complexity index is 1040. The summed E-state index contributed by atoms with van der Waals surface area (Å²) in [5.41, 5.74) is 2.36. The summed E-state index contributed by atoms with van der Waals surface area (Å²) in [5, 5.41) is 2.84. The fourth-order valence-electron chi connectivity index (χ4n) is 3.67. The van der Waals surface area contributed by atoms with Gasteiger partial charge in [0.2, 0.25) is 10.0 Å². The smallest absolute Gasteiger partial charge is 0.255 e. The quantitative estimate of drug-likeness (QED) is 0.602. The second kappa shape index (κ2) is 10.5. The molecule has 1 heterocycles. The first kappa shape index (κ1) is 24.2. The number of benzene rings is 2. The normalized spacial score (nSPS) is 15.5. The van der Waals surface area contributed by atoms with Crippen molar-refractivity contribution in [2.75, 3.05) is 38.7 Å². The largest absolute Gasteiger partial charge is 0.491 e. The molecule has 0 radical (unpaired) electrons. The van der Waals surface area contributed by atoms with Gasteiger partial charge in [-0.1, -0.05) is 6.92 Å². The highest BCUT2D eigenvalue weighted by Crippen LogP contribution is 2.28. The predicted molar refractivity (Wildman–Crippen MR) is 125 cm³/mol. The lowest BCUT2D eigenvalue weighted by Gasteiger charge is -2.30. The zero-order valence-electron chi connectivity index (χ0n) is 19.2. The number of nitrogens with zero attached hydrogens (tertiary/aromatic N) is 1. The number of aryl methyl sites for hydroxylation is 1. The summed E-state index contributed by atoms with van der Waals surface area (Å²) in [6.07, 6.45) is 1.70. The van der Waals surface area contributed by atoms with Crippen molar-refractivity contribution in [3.05, 3.63) is 53.1 Å². The van der Waals surface area contributed by atoms with Crippen LogP contribution in [0.25, 0.3) is 0 Å². The predicted octanol–water partition coefficient (Wildman–Crippen LogP) is 4.00. The van der Waals surface area contributed by atoms with E-state index in [0.29, 0.717) is 54.8 Å². The van der Waals surface area contributed by atoms with E-state index in [9.17, 15) is 13.2 Å². The van der Waals surface area contributed by atoms with E-state index in [1.807, 2.05) is 6.92 Å². The maximum atomic E-state index is 13.3. The average Bonchev–Trinajstić information content (AvgIpc) is 2.77. The van der Waals surface area contributed by atoms with E-state index in [1.54, 1.807) is 48.7 Å². The first-order chi connectivity index (χ1) is 15.2. The minimum absolute atomic E-state index is 0.207. The second-order valence-electron chi connectivity index (χ2n) is 8.32. The van der Waals surface area contributed by atoms with Crippen LogP contribution in [0, 0.1) is 19.8 Å². The zero-order valence-corrected chi connectivity index (χ0v) is 20.0. The molecule has 0 saturated carbocycles. The molecule has 0 aliphatic carbocycles. The molecule has 3 rings (SSSR count). The number of hydrogen-bond donors (Lipinski definition) is 1. The van der Waals surface area contributed by atoms with Crippen LogP contribution >= 0.6 is 0 Å². The molecule has 0 spiro atoms. The Kier molecular flexibility index (Phi) is 7.92. The molecule has 1 amide bonds. The molecular weight excluding hydrogens is 428 g/mol. The molecule has 7 nitrogen and oxygen atoms in total. The summed E-state index contributed by atoms with van der Waals surface area (Å²) < 4.78 is 38.7. The van der Waals surface area contributed by atoms with Crippen molar-refractivity contribution < 1.29 is 22.7 Å². The third kappa shape index (κ3) is 5.68. The Morgan fingerprint density at radius 2 is 1.75 bits per heavy atom. The summed E-state index contributed by atoms with van der Waals surface area (Å²) in [4.78, 5) is 13.1. The Morgan fingerprint density at radius 1 is 1.09 bits per heavy atom. The van der Waals surface area contributed by atoms with Gasteiger partial charge >= 0.3 is 0 Å². The van der Waals surface area contributed by atoms with Gasteiger partial charge < -0.3 is 14.8 Å². The van der Waals surface area contributed by atoms with Gasteiger partial charge in [-0.2, -0.15) is 4.31 Å². The van der Waals surface area contributed by atoms with E-state index < -0.39 is 10.0 Å². The number of anilines is 1. The molecule has 0 atom stereocenters. The number of nitrogens with one attached hydrogen (secondary N) is 1. The highest BCUT2D eigenvalue weighted by atomic mass is 32.2. The van der Waals surface area contributed by atoms with E-state index in [-0.39, 0.29) is 10.8 Å². The highest BCUT2D eigenvalue weighted by Gasteiger charge is 2.30. The molecule has 8 heteroatoms. The van der Waals surface area contributed by atoms with Crippen molar-refractivity contribution in [2.45, 2.75) is 38.5 Å². The minimum Gasteiger partial charge on any atom is -0.491 e. The first-order valence-corrected chi connectivity index (χ1v) is 12.3. The minimum atomic E-state index is -3.66. The lowest BCUT2D eigenvalue weighted by molar-refractivity contribution is 0.102. The van der Waals surface area contributed by atoms with Gasteiger partial charge in [0.15, 0.2) is 0 Å². The molecule has 0 aromatic heterocycles. The van der Waals surface area contributed by atoms with Gasteiger partial charge in [0.1, 0.15) is 12.4 Å². The number of sulfonamides is 1. The molecule has 0 unspecified atom stereocenters. The fourth-order valence-corrected chi connectivity index (χ4v) is 5.46. The van der Waals surface area contributed by atoms with Crippen LogP contribution in [0.15, 0.2) is 41.3 Å². The monoisotopic (exact) mass is 460 g/mol. The average molecular weight is 461 g/mol. The van der Waals surface area contributed by atoms with E-state index in [2.05, 4.69) is 12.2 Å². The fraction of sp³-hybridized carbons (Fsp3) is 0.458. The molecule has 2 aromatic rings. The number of piperidine rings is 1. The molecule has 1 saturated heterocycles. The Morgan fingerprint density at radius 3 is 2.38 bits per heavy atom. The van der Waals surface area contributed by atoms with Crippen molar-refractivity contribution in [3.8, 4) is 5.75 Å². The van der Waals surface area contributed by atoms with Gasteiger partial charge in [-0.05, 0) is 80.1 Å². The maximum Gasteiger partial charge on any atom is 0.255 e. The number of hydrogen-bond acceptors (Lipinski definition) is 5. The van der Waals surface area contributed by atoms with Gasteiger partial charge in [0.25, 0.3) is 5.91 Å². The summed E-state index contributed by atoms with van der Waals surface area (Å²) in [5.74, 6) is 0.846. The van der Waals surface area contributed by atoms with Crippen LogP contribution in [0.4, 0.5) is 5.69 Å². The molecule has 1 aliphatic heterocycles. The van der Waals surface area contributed by atoms with E-state index in [4.69, 9.17) is 9.47 Å². The van der Waals surface area contributed by atoms with Crippen molar-refractivity contribution in [1.29, 1.82) is 0 Å². The van der Waals surface area contributed by atoms with Gasteiger partial charge in [-0.25, -0.2) is 8.42 Å². The SMILES string of the molecule is COCCOc1ccc(NC(=O)c2cc(C)c(C)c(S(=O)(=O)N3CCC(C)CC3)c2)cc1. The van der Waals surface area contributed by atoms with Crippen molar-refractivity contribution >= 4 is 21.6 Å². The summed E-state index contributed by atoms with van der Waals surface area (Å²) in [6, 6.07) is 10.2. The van der Waals surface area contributed by atoms with Gasteiger partial charge in [-0.3, -0.25) is 4.79 Å². The topological polar surface area (TPSA) is 84.9 Å². The summed E-state index contributed by atoms with van der Waals surface area (Å²) in [6.45, 7) is 7.72. The molecule has 0 bridgehead atoms. The number of carbonyl (C=O) groups excluding carboxylic acids is 1. The van der Waals surface area contributed by atoms with Crippen LogP contribution in [0.5, 0.6) is 5.75 Å². The Balaban J connectivity index is 1.78. The lowest BCUT2D eigenvalue weighted by Crippen LogP contribution is -2.38. The summed E-state index contributed by atoms with van der Waals surface area (Å²) in [7, 11) is -2.05. The molecule has 1 aliphatic rings. The van der Waals surface area contributed by atoms with E-state index in [0.717, 1.165) is 18.4 Å². The molecular formula is C24H32N2O5S. The molecule has 1 fully saturated rings. The van der Waals surface area contributed by atoms with Crippen LogP contribution in [0.3, 0.4) is 0 Å². The second-order valence-corrected chi connectivity index (χ2v) is 10.2. The third-order valence-corrected chi connectivity index (χ3v) is 7.94. The van der Waals surface area contributed by atoms with Crippen LogP contribution in [0.1, 0.15) is 41.3 Å². The standard InChI is InChI=1S/C24H32N2O5S/c1-17-9-11-26(12-10-17)32(28,29)23-16-20(15-18(2)19(23)3)24(27)25-21-5-7-22(8-6-21)31-14-13-30-4/h5-8,15-17H,9-14H2,1-4H3,(H,25,27). The Labute approximate surface area is 190 Å². The number of methoxy groups -OCH3 is 1. The number of ether oxygens (including phenoxy) is 2. The van der Waals surface area contributed by atoms with Crippen molar-refractivity contribution in [2.24, 2.45) is 5.92 Å². The van der Waals surface area contributed by atoms with Gasteiger partial charge in [-0.15, -0.1) is 0 Å². The number of amides is 1. The Hall–Kier alpha value is -2.42. The zero-order chi connectivity index (χ0) is 23.3. The van der Waals surface area contributed by atoms with Crippen LogP contribution in [-0.2, 0) is 14.8 Å². The molecule has 2 aromatic carbocycles. The molecule has 1 N–H and O–H groups in total. The number of carbonyl (C=O) groups is 1. The van der Waals surface area contributed by atoms with Crippen LogP contribution < -0.4 is 10.1 Å². The lowest BCUT2D eigenvalue weighted by atomic mass is 10.0. The van der Waals surface area contributed by atoms with Crippen molar-refractivity contribution in [1.82, 2.24) is 4.31 Å². The van der Waals surface area contributed by atoms with Gasteiger partial charge in [0, 0.05) is 31.5 Å². The molecule has 32 heavy (non-hydrogen) atoms. The highest BCUT2D eigenvalue weighted by molar-refractivity contribution is 7.89.